The van der Waals surface area contributed by atoms with Gasteiger partial charge in [-0.2, -0.15) is 5.26 Å². The molecular weight excluding hydrogens is 215 g/mol. The largest absolute Gasteiger partial charge is 0.310 e. The van der Waals surface area contributed by atoms with Gasteiger partial charge in [-0.1, -0.05) is 20.8 Å². The van der Waals surface area contributed by atoms with E-state index in [0.717, 1.165) is 5.56 Å². The molecule has 0 bridgehead atoms. The van der Waals surface area contributed by atoms with Crippen molar-refractivity contribution in [3.63, 3.8) is 0 Å². The van der Waals surface area contributed by atoms with Gasteiger partial charge in [-0.15, -0.1) is 0 Å². The summed E-state index contributed by atoms with van der Waals surface area (Å²) in [7, 11) is 0. The average molecular weight is 234 g/mol. The topological polar surface area (TPSA) is 35.8 Å². The first-order valence-electron chi connectivity index (χ1n) is 5.76. The van der Waals surface area contributed by atoms with Gasteiger partial charge in [0, 0.05) is 12.6 Å². The SMILES string of the molecule is CC(NCc1cc(F)cc(C#N)c1)C(C)(C)C. The fourth-order valence-electron chi connectivity index (χ4n) is 1.39. The summed E-state index contributed by atoms with van der Waals surface area (Å²) in [6.45, 7) is 9.13. The van der Waals surface area contributed by atoms with E-state index >= 15 is 0 Å². The van der Waals surface area contributed by atoms with Gasteiger partial charge < -0.3 is 5.32 Å². The predicted molar refractivity (Wildman–Crippen MR) is 66.9 cm³/mol. The number of hydrogen-bond donors (Lipinski definition) is 1. The zero-order valence-corrected chi connectivity index (χ0v) is 10.8. The molecule has 0 spiro atoms. The fraction of sp³-hybridized carbons (Fsp3) is 0.500. The second kappa shape index (κ2) is 5.29. The van der Waals surface area contributed by atoms with Crippen molar-refractivity contribution in [1.29, 1.82) is 5.26 Å². The third-order valence-corrected chi connectivity index (χ3v) is 3.00. The van der Waals surface area contributed by atoms with Gasteiger partial charge in [-0.3, -0.25) is 0 Å². The molecule has 1 aromatic carbocycles. The van der Waals surface area contributed by atoms with Gasteiger partial charge in [0.25, 0.3) is 0 Å². The van der Waals surface area contributed by atoms with Crippen LogP contribution in [0.5, 0.6) is 0 Å². The van der Waals surface area contributed by atoms with Crippen molar-refractivity contribution in [1.82, 2.24) is 5.32 Å². The summed E-state index contributed by atoms with van der Waals surface area (Å²) in [4.78, 5) is 0. The van der Waals surface area contributed by atoms with Crippen molar-refractivity contribution in [2.75, 3.05) is 0 Å². The Morgan fingerprint density at radius 2 is 2.00 bits per heavy atom. The third kappa shape index (κ3) is 4.16. The first-order valence-corrected chi connectivity index (χ1v) is 5.76. The maximum Gasteiger partial charge on any atom is 0.124 e. The van der Waals surface area contributed by atoms with Gasteiger partial charge in [-0.25, -0.2) is 4.39 Å². The summed E-state index contributed by atoms with van der Waals surface area (Å²) < 4.78 is 13.2. The molecule has 0 amide bonds. The molecule has 0 radical (unpaired) electrons. The molecule has 0 saturated carbocycles. The summed E-state index contributed by atoms with van der Waals surface area (Å²) in [6, 6.07) is 6.70. The summed E-state index contributed by atoms with van der Waals surface area (Å²) in [5.41, 5.74) is 1.33. The van der Waals surface area contributed by atoms with Crippen LogP contribution < -0.4 is 5.32 Å². The molecule has 2 nitrogen and oxygen atoms in total. The van der Waals surface area contributed by atoms with Crippen LogP contribution in [0.1, 0.15) is 38.8 Å². The second-order valence-corrected chi connectivity index (χ2v) is 5.43. The highest BCUT2D eigenvalue weighted by Gasteiger charge is 2.19. The third-order valence-electron chi connectivity index (χ3n) is 3.00. The van der Waals surface area contributed by atoms with Crippen LogP contribution in [0.3, 0.4) is 0 Å². The van der Waals surface area contributed by atoms with Gasteiger partial charge in [0.1, 0.15) is 5.82 Å². The van der Waals surface area contributed by atoms with Crippen molar-refractivity contribution < 1.29 is 4.39 Å². The molecule has 1 N–H and O–H groups in total. The molecular formula is C14H19FN2. The monoisotopic (exact) mass is 234 g/mol. The van der Waals surface area contributed by atoms with Gasteiger partial charge in [0.05, 0.1) is 11.6 Å². The zero-order chi connectivity index (χ0) is 13.1. The minimum absolute atomic E-state index is 0.158. The standard InChI is InChI=1S/C14H19FN2/c1-10(14(2,3)4)17-9-12-5-11(8-16)6-13(15)7-12/h5-7,10,17H,9H2,1-4H3. The Hall–Kier alpha value is -1.40. The summed E-state index contributed by atoms with van der Waals surface area (Å²) in [5, 5.41) is 12.1. The van der Waals surface area contributed by atoms with Crippen LogP contribution in [0.15, 0.2) is 18.2 Å². The summed E-state index contributed by atoms with van der Waals surface area (Å²) in [6.07, 6.45) is 0. The zero-order valence-electron chi connectivity index (χ0n) is 10.8. The van der Waals surface area contributed by atoms with Crippen molar-refractivity contribution in [2.45, 2.75) is 40.3 Å². The van der Waals surface area contributed by atoms with Crippen molar-refractivity contribution >= 4 is 0 Å². The first kappa shape index (κ1) is 13.7. The van der Waals surface area contributed by atoms with Crippen LogP contribution in [0, 0.1) is 22.6 Å². The van der Waals surface area contributed by atoms with Crippen molar-refractivity contribution in [2.24, 2.45) is 5.41 Å². The van der Waals surface area contributed by atoms with Crippen LogP contribution in [0.25, 0.3) is 0 Å². The molecule has 1 aromatic rings. The Morgan fingerprint density at radius 3 is 2.53 bits per heavy atom. The van der Waals surface area contributed by atoms with E-state index in [1.807, 2.05) is 6.07 Å². The van der Waals surface area contributed by atoms with E-state index in [1.165, 1.54) is 12.1 Å². The van der Waals surface area contributed by atoms with Gasteiger partial charge >= 0.3 is 0 Å². The number of nitrogens with one attached hydrogen (secondary N) is 1. The Bertz CT molecular complexity index is 427. The van der Waals surface area contributed by atoms with Crippen LogP contribution in [-0.4, -0.2) is 6.04 Å². The molecule has 0 aromatic heterocycles. The predicted octanol–water partition coefficient (Wildman–Crippen LogP) is 3.22. The maximum absolute atomic E-state index is 13.2. The first-order chi connectivity index (χ1) is 7.82. The Labute approximate surface area is 102 Å². The highest BCUT2D eigenvalue weighted by atomic mass is 19.1. The molecule has 92 valence electrons. The quantitative estimate of drug-likeness (QED) is 0.871. The van der Waals surface area contributed by atoms with E-state index in [1.54, 1.807) is 6.07 Å². The molecule has 3 heteroatoms. The Morgan fingerprint density at radius 1 is 1.35 bits per heavy atom. The molecule has 1 rings (SSSR count). The lowest BCUT2D eigenvalue weighted by molar-refractivity contribution is 0.285. The van der Waals surface area contributed by atoms with Crippen molar-refractivity contribution in [3.05, 3.63) is 35.1 Å². The lowest BCUT2D eigenvalue weighted by Crippen LogP contribution is -2.37. The van der Waals surface area contributed by atoms with Gasteiger partial charge in [-0.05, 0) is 36.1 Å². The number of nitrogens with zero attached hydrogens (tertiary/aromatic N) is 1. The molecule has 17 heavy (non-hydrogen) atoms. The molecule has 0 saturated heterocycles. The van der Waals surface area contributed by atoms with Crippen LogP contribution >= 0.6 is 0 Å². The van der Waals surface area contributed by atoms with Gasteiger partial charge in [0.15, 0.2) is 0 Å². The van der Waals surface area contributed by atoms with Crippen molar-refractivity contribution in [3.8, 4) is 6.07 Å². The van der Waals surface area contributed by atoms with Crippen LogP contribution in [0.2, 0.25) is 0 Å². The number of nitriles is 1. The summed E-state index contributed by atoms with van der Waals surface area (Å²) >= 11 is 0. The molecule has 0 aliphatic carbocycles. The van der Waals surface area contributed by atoms with E-state index in [9.17, 15) is 4.39 Å². The lowest BCUT2D eigenvalue weighted by atomic mass is 9.88. The summed E-state index contributed by atoms with van der Waals surface area (Å²) in [5.74, 6) is -0.357. The number of hydrogen-bond acceptors (Lipinski definition) is 2. The van der Waals surface area contributed by atoms with E-state index < -0.39 is 0 Å². The molecule has 0 heterocycles. The molecule has 1 atom stereocenters. The number of benzene rings is 1. The Kier molecular flexibility index (Phi) is 4.25. The molecule has 1 unspecified atom stereocenters. The highest BCUT2D eigenvalue weighted by Crippen LogP contribution is 2.19. The average Bonchev–Trinajstić information content (AvgIpc) is 2.23. The van der Waals surface area contributed by atoms with E-state index in [4.69, 9.17) is 5.26 Å². The number of halogens is 1. The van der Waals surface area contributed by atoms with E-state index in [2.05, 4.69) is 33.0 Å². The minimum atomic E-state index is -0.357. The van der Waals surface area contributed by atoms with E-state index in [-0.39, 0.29) is 11.2 Å². The lowest BCUT2D eigenvalue weighted by Gasteiger charge is -2.28. The fourth-order valence-corrected chi connectivity index (χ4v) is 1.39. The molecule has 0 fully saturated rings. The molecule has 0 aliphatic rings. The smallest absolute Gasteiger partial charge is 0.124 e. The van der Waals surface area contributed by atoms with Gasteiger partial charge in [0.2, 0.25) is 0 Å². The highest BCUT2D eigenvalue weighted by molar-refractivity contribution is 5.33. The second-order valence-electron chi connectivity index (χ2n) is 5.43. The maximum atomic E-state index is 13.2. The Balaban J connectivity index is 2.70. The minimum Gasteiger partial charge on any atom is -0.310 e. The normalized spacial score (nSPS) is 13.2. The molecule has 0 aliphatic heterocycles. The van der Waals surface area contributed by atoms with E-state index in [0.29, 0.717) is 18.2 Å². The van der Waals surface area contributed by atoms with Crippen LogP contribution in [-0.2, 0) is 6.54 Å². The van der Waals surface area contributed by atoms with Crippen LogP contribution in [0.4, 0.5) is 4.39 Å². The number of rotatable bonds is 3.